The van der Waals surface area contributed by atoms with Crippen molar-refractivity contribution in [1.82, 2.24) is 10.3 Å². The normalized spacial score (nSPS) is 23.4. The van der Waals surface area contributed by atoms with Gasteiger partial charge in [-0.1, -0.05) is 0 Å². The predicted octanol–water partition coefficient (Wildman–Crippen LogP) is -1.79. The highest BCUT2D eigenvalue weighted by Crippen LogP contribution is 2.19. The highest BCUT2D eigenvalue weighted by atomic mass is 16.3. The second kappa shape index (κ2) is 4.39. The van der Waals surface area contributed by atoms with E-state index >= 15 is 0 Å². The van der Waals surface area contributed by atoms with Gasteiger partial charge in [-0.15, -0.1) is 0 Å². The number of hydrogen-bond acceptors (Lipinski definition) is 4. The molecule has 1 aliphatic rings. The molecule has 1 heterocycles. The summed E-state index contributed by atoms with van der Waals surface area (Å²) in [6.07, 6.45) is 0.273. The van der Waals surface area contributed by atoms with E-state index in [9.17, 15) is 14.7 Å². The minimum atomic E-state index is -0.809. The Hall–Kier alpha value is -1.14. The summed E-state index contributed by atoms with van der Waals surface area (Å²) >= 11 is 0. The molecule has 6 heteroatoms. The molecule has 2 unspecified atom stereocenters. The van der Waals surface area contributed by atoms with E-state index in [0.717, 1.165) is 6.42 Å². The number of nitrogens with zero attached hydrogens (tertiary/aromatic N) is 1. The lowest BCUT2D eigenvalue weighted by Crippen LogP contribution is -2.44. The van der Waals surface area contributed by atoms with Crippen LogP contribution in [0.3, 0.4) is 0 Å². The highest BCUT2D eigenvalue weighted by Gasteiger charge is 2.31. The van der Waals surface area contributed by atoms with Gasteiger partial charge in [-0.05, 0) is 13.3 Å². The summed E-state index contributed by atoms with van der Waals surface area (Å²) in [5.41, 5.74) is 1.79. The van der Waals surface area contributed by atoms with Crippen molar-refractivity contribution in [3.8, 4) is 0 Å². The van der Waals surface area contributed by atoms with Crippen LogP contribution in [-0.2, 0) is 9.59 Å². The molecule has 1 saturated heterocycles. The molecular weight excluding hydrogens is 186 g/mol. The van der Waals surface area contributed by atoms with Gasteiger partial charge >= 0.3 is 11.8 Å². The van der Waals surface area contributed by atoms with Gasteiger partial charge in [0.2, 0.25) is 0 Å². The number of amides is 2. The molecule has 2 atom stereocenters. The largest absolute Gasteiger partial charge is 0.393 e. The summed E-state index contributed by atoms with van der Waals surface area (Å²) in [4.78, 5) is 23.6. The summed E-state index contributed by atoms with van der Waals surface area (Å²) in [5, 5.41) is 9.28. The number of carbonyl (C=O) groups is 2. The SMILES string of the molecule is CC(O)C1CCN(C(=O)C(=O)NN)C1. The molecule has 4 N–H and O–H groups in total. The molecule has 14 heavy (non-hydrogen) atoms. The molecule has 6 nitrogen and oxygen atoms in total. The first-order valence-electron chi connectivity index (χ1n) is 4.54. The fourth-order valence-corrected chi connectivity index (χ4v) is 1.57. The zero-order valence-electron chi connectivity index (χ0n) is 8.06. The van der Waals surface area contributed by atoms with Crippen LogP contribution in [0.2, 0.25) is 0 Å². The third kappa shape index (κ3) is 2.21. The van der Waals surface area contributed by atoms with E-state index in [1.807, 2.05) is 0 Å². The second-order valence-electron chi connectivity index (χ2n) is 3.51. The Kier molecular flexibility index (Phi) is 3.43. The maximum atomic E-state index is 11.3. The molecule has 2 amide bonds. The molecule has 0 aromatic carbocycles. The van der Waals surface area contributed by atoms with E-state index in [1.54, 1.807) is 12.3 Å². The molecular formula is C8H15N3O3. The molecule has 0 aliphatic carbocycles. The zero-order valence-corrected chi connectivity index (χ0v) is 8.06. The fourth-order valence-electron chi connectivity index (χ4n) is 1.57. The number of hydrazine groups is 1. The molecule has 1 aliphatic heterocycles. The van der Waals surface area contributed by atoms with Gasteiger partial charge in [0.05, 0.1) is 6.10 Å². The minimum Gasteiger partial charge on any atom is -0.393 e. The summed E-state index contributed by atoms with van der Waals surface area (Å²) in [6.45, 7) is 2.60. The Morgan fingerprint density at radius 3 is 2.71 bits per heavy atom. The number of aliphatic hydroxyl groups excluding tert-OH is 1. The van der Waals surface area contributed by atoms with Crippen LogP contribution in [0.15, 0.2) is 0 Å². The van der Waals surface area contributed by atoms with E-state index in [1.165, 1.54) is 4.90 Å². The molecule has 0 bridgehead atoms. The first kappa shape index (κ1) is 10.9. The average molecular weight is 201 g/mol. The Labute approximate surface area is 82.0 Å². The molecule has 1 fully saturated rings. The van der Waals surface area contributed by atoms with Gasteiger partial charge in [-0.25, -0.2) is 5.84 Å². The topological polar surface area (TPSA) is 95.7 Å². The smallest absolute Gasteiger partial charge is 0.323 e. The number of nitrogens with one attached hydrogen (secondary N) is 1. The monoisotopic (exact) mass is 201 g/mol. The standard InChI is InChI=1S/C8H15N3O3/c1-5(12)6-2-3-11(4-6)8(14)7(13)10-9/h5-6,12H,2-4,9H2,1H3,(H,10,13). The number of carbonyl (C=O) groups excluding carboxylic acids is 2. The maximum absolute atomic E-state index is 11.3. The van der Waals surface area contributed by atoms with E-state index < -0.39 is 17.9 Å². The lowest BCUT2D eigenvalue weighted by molar-refractivity contribution is -0.145. The number of hydrogen-bond donors (Lipinski definition) is 3. The van der Waals surface area contributed by atoms with Crippen LogP contribution >= 0.6 is 0 Å². The summed E-state index contributed by atoms with van der Waals surface area (Å²) in [7, 11) is 0. The number of likely N-dealkylation sites (tertiary alicyclic amines) is 1. The summed E-state index contributed by atoms with van der Waals surface area (Å²) < 4.78 is 0. The number of nitrogens with two attached hydrogens (primary N) is 1. The third-order valence-electron chi connectivity index (χ3n) is 2.52. The van der Waals surface area contributed by atoms with Crippen molar-refractivity contribution in [1.29, 1.82) is 0 Å². The molecule has 1 rings (SSSR count). The Morgan fingerprint density at radius 2 is 2.29 bits per heavy atom. The highest BCUT2D eigenvalue weighted by molar-refractivity contribution is 6.34. The molecule has 0 aromatic heterocycles. The van der Waals surface area contributed by atoms with Crippen LogP contribution in [-0.4, -0.2) is 41.0 Å². The van der Waals surface area contributed by atoms with Crippen LogP contribution in [0.25, 0.3) is 0 Å². The Bertz CT molecular complexity index is 242. The van der Waals surface area contributed by atoms with E-state index in [-0.39, 0.29) is 5.92 Å². The first-order chi connectivity index (χ1) is 6.56. The second-order valence-corrected chi connectivity index (χ2v) is 3.51. The van der Waals surface area contributed by atoms with Gasteiger partial charge < -0.3 is 10.0 Å². The molecule has 0 aromatic rings. The van der Waals surface area contributed by atoms with E-state index in [4.69, 9.17) is 5.84 Å². The molecule has 0 radical (unpaired) electrons. The lowest BCUT2D eigenvalue weighted by Gasteiger charge is -2.16. The first-order valence-corrected chi connectivity index (χ1v) is 4.54. The summed E-state index contributed by atoms with van der Waals surface area (Å²) in [6, 6.07) is 0. The van der Waals surface area contributed by atoms with Crippen LogP contribution < -0.4 is 11.3 Å². The maximum Gasteiger partial charge on any atom is 0.323 e. The van der Waals surface area contributed by atoms with Crippen molar-refractivity contribution >= 4 is 11.8 Å². The van der Waals surface area contributed by atoms with Crippen molar-refractivity contribution in [3.63, 3.8) is 0 Å². The van der Waals surface area contributed by atoms with Gasteiger partial charge in [0.15, 0.2) is 0 Å². The van der Waals surface area contributed by atoms with Crippen molar-refractivity contribution in [3.05, 3.63) is 0 Å². The van der Waals surface area contributed by atoms with E-state index in [2.05, 4.69) is 0 Å². The van der Waals surface area contributed by atoms with Gasteiger partial charge in [0.1, 0.15) is 0 Å². The van der Waals surface area contributed by atoms with Crippen LogP contribution in [0.1, 0.15) is 13.3 Å². The van der Waals surface area contributed by atoms with Crippen molar-refractivity contribution in [2.45, 2.75) is 19.4 Å². The van der Waals surface area contributed by atoms with Crippen LogP contribution in [0.4, 0.5) is 0 Å². The summed E-state index contributed by atoms with van der Waals surface area (Å²) in [5.74, 6) is 3.46. The Morgan fingerprint density at radius 1 is 1.64 bits per heavy atom. The fraction of sp³-hybridized carbons (Fsp3) is 0.750. The molecule has 80 valence electrons. The quantitative estimate of drug-likeness (QED) is 0.202. The van der Waals surface area contributed by atoms with Crippen LogP contribution in [0, 0.1) is 5.92 Å². The van der Waals surface area contributed by atoms with Crippen LogP contribution in [0.5, 0.6) is 0 Å². The lowest BCUT2D eigenvalue weighted by atomic mass is 10.0. The van der Waals surface area contributed by atoms with Gasteiger partial charge in [-0.2, -0.15) is 0 Å². The zero-order chi connectivity index (χ0) is 10.7. The van der Waals surface area contributed by atoms with Crippen molar-refractivity contribution in [2.24, 2.45) is 11.8 Å². The minimum absolute atomic E-state index is 0.0597. The van der Waals surface area contributed by atoms with Gasteiger partial charge in [-0.3, -0.25) is 15.0 Å². The molecule has 0 saturated carbocycles. The Balaban J connectivity index is 2.50. The van der Waals surface area contributed by atoms with Gasteiger partial charge in [0.25, 0.3) is 0 Å². The van der Waals surface area contributed by atoms with E-state index in [0.29, 0.717) is 13.1 Å². The van der Waals surface area contributed by atoms with Crippen molar-refractivity contribution in [2.75, 3.05) is 13.1 Å². The molecule has 0 spiro atoms. The third-order valence-corrected chi connectivity index (χ3v) is 2.52. The number of aliphatic hydroxyl groups is 1. The predicted molar refractivity (Wildman–Crippen MR) is 48.7 cm³/mol. The van der Waals surface area contributed by atoms with Crippen molar-refractivity contribution < 1.29 is 14.7 Å². The van der Waals surface area contributed by atoms with Gasteiger partial charge in [0, 0.05) is 19.0 Å². The number of rotatable bonds is 1. The average Bonchev–Trinajstić information content (AvgIpc) is 2.64.